The maximum absolute atomic E-state index is 5.39. The largest absolute Gasteiger partial charge is 0.452 e. The van der Waals surface area contributed by atoms with E-state index < -0.39 is 0 Å². The fourth-order valence-electron chi connectivity index (χ4n) is 0.838. The third-order valence-corrected chi connectivity index (χ3v) is 3.47. The van der Waals surface area contributed by atoms with Gasteiger partial charge in [-0.1, -0.05) is 5.92 Å². The van der Waals surface area contributed by atoms with E-state index in [-0.39, 0.29) is 5.54 Å². The van der Waals surface area contributed by atoms with Crippen molar-refractivity contribution in [3.63, 3.8) is 0 Å². The van der Waals surface area contributed by atoms with Crippen LogP contribution in [-0.2, 0) is 6.54 Å². The van der Waals surface area contributed by atoms with Crippen LogP contribution in [-0.4, -0.2) is 5.54 Å². The molecule has 0 fully saturated rings. The van der Waals surface area contributed by atoms with Gasteiger partial charge in [0, 0.05) is 0 Å². The average Bonchev–Trinajstić information content (AvgIpc) is 2.44. The monoisotopic (exact) mass is 319 g/mol. The molecule has 0 aliphatic rings. The van der Waals surface area contributed by atoms with Crippen LogP contribution in [0.15, 0.2) is 19.6 Å². The molecule has 0 unspecified atom stereocenters. The summed E-state index contributed by atoms with van der Waals surface area (Å²) in [4.78, 5) is 0. The van der Waals surface area contributed by atoms with E-state index in [0.29, 0.717) is 11.2 Å². The molecule has 1 aromatic rings. The number of furan rings is 1. The van der Waals surface area contributed by atoms with Crippen molar-refractivity contribution in [2.75, 3.05) is 0 Å². The smallest absolute Gasteiger partial charge is 0.183 e. The van der Waals surface area contributed by atoms with Crippen LogP contribution in [0.3, 0.4) is 0 Å². The molecule has 0 radical (unpaired) electrons. The fourth-order valence-corrected chi connectivity index (χ4v) is 1.50. The molecular formula is C10H11Br2NO. The summed E-state index contributed by atoms with van der Waals surface area (Å²) in [7, 11) is 0. The van der Waals surface area contributed by atoms with Crippen LogP contribution in [0, 0.1) is 12.3 Å². The van der Waals surface area contributed by atoms with Crippen LogP contribution in [0.5, 0.6) is 0 Å². The summed E-state index contributed by atoms with van der Waals surface area (Å²) in [6.45, 7) is 4.50. The first kappa shape index (κ1) is 11.8. The van der Waals surface area contributed by atoms with Gasteiger partial charge in [0.2, 0.25) is 0 Å². The number of hydrogen-bond donors (Lipinski definition) is 1. The molecular weight excluding hydrogens is 310 g/mol. The van der Waals surface area contributed by atoms with Gasteiger partial charge >= 0.3 is 0 Å². The second kappa shape index (κ2) is 4.52. The van der Waals surface area contributed by atoms with E-state index >= 15 is 0 Å². The van der Waals surface area contributed by atoms with Crippen molar-refractivity contribution in [2.24, 2.45) is 0 Å². The Kier molecular flexibility index (Phi) is 3.82. The van der Waals surface area contributed by atoms with E-state index in [0.717, 1.165) is 10.2 Å². The number of hydrogen-bond acceptors (Lipinski definition) is 2. The van der Waals surface area contributed by atoms with Crippen molar-refractivity contribution in [1.29, 1.82) is 0 Å². The third kappa shape index (κ3) is 3.16. The molecule has 76 valence electrons. The zero-order chi connectivity index (χ0) is 10.8. The highest BCUT2D eigenvalue weighted by Gasteiger charge is 2.14. The zero-order valence-corrected chi connectivity index (χ0v) is 11.2. The molecule has 0 aliphatic carbocycles. The summed E-state index contributed by atoms with van der Waals surface area (Å²) < 4.78 is 7.00. The lowest BCUT2D eigenvalue weighted by Gasteiger charge is -2.18. The molecule has 0 amide bonds. The summed E-state index contributed by atoms with van der Waals surface area (Å²) in [5, 5.41) is 3.19. The summed E-state index contributed by atoms with van der Waals surface area (Å²) in [6, 6.07) is 1.91. The molecule has 1 rings (SSSR count). The van der Waals surface area contributed by atoms with Crippen molar-refractivity contribution in [3.05, 3.63) is 21.0 Å². The first-order valence-electron chi connectivity index (χ1n) is 4.11. The van der Waals surface area contributed by atoms with Crippen LogP contribution in [0.25, 0.3) is 0 Å². The molecule has 0 atom stereocenters. The molecule has 0 bridgehead atoms. The van der Waals surface area contributed by atoms with Gasteiger partial charge in [-0.05, 0) is 51.8 Å². The Balaban J connectivity index is 2.59. The Morgan fingerprint density at radius 3 is 2.64 bits per heavy atom. The lowest BCUT2D eigenvalue weighted by atomic mass is 10.1. The van der Waals surface area contributed by atoms with Crippen molar-refractivity contribution >= 4 is 31.9 Å². The molecule has 1 heterocycles. The summed E-state index contributed by atoms with van der Waals surface area (Å²) in [5.74, 6) is 3.50. The molecule has 1 aromatic heterocycles. The Labute approximate surface area is 101 Å². The number of nitrogens with one attached hydrogen (secondary N) is 1. The van der Waals surface area contributed by atoms with Crippen molar-refractivity contribution in [3.8, 4) is 12.3 Å². The van der Waals surface area contributed by atoms with Gasteiger partial charge in [0.05, 0.1) is 16.6 Å². The second-order valence-corrected chi connectivity index (χ2v) is 5.03. The summed E-state index contributed by atoms with van der Waals surface area (Å²) in [5.41, 5.74) is -0.314. The fraction of sp³-hybridized carbons (Fsp3) is 0.400. The topological polar surface area (TPSA) is 25.2 Å². The minimum Gasteiger partial charge on any atom is -0.452 e. The van der Waals surface area contributed by atoms with E-state index in [4.69, 9.17) is 10.8 Å². The molecule has 4 heteroatoms. The van der Waals surface area contributed by atoms with Gasteiger partial charge < -0.3 is 4.42 Å². The Morgan fingerprint density at radius 1 is 1.57 bits per heavy atom. The number of halogens is 2. The summed E-state index contributed by atoms with van der Waals surface area (Å²) in [6.07, 6.45) is 5.34. The lowest BCUT2D eigenvalue weighted by Crippen LogP contribution is -2.36. The Hall–Kier alpha value is -0.240. The molecule has 0 aliphatic heterocycles. The highest BCUT2D eigenvalue weighted by atomic mass is 79.9. The van der Waals surface area contributed by atoms with Gasteiger partial charge in [0.25, 0.3) is 0 Å². The van der Waals surface area contributed by atoms with Gasteiger partial charge in [-0.3, -0.25) is 5.32 Å². The minimum atomic E-state index is -0.314. The van der Waals surface area contributed by atoms with E-state index in [2.05, 4.69) is 43.1 Å². The van der Waals surface area contributed by atoms with Crippen LogP contribution in [0.4, 0.5) is 0 Å². The SMILES string of the molecule is C#CC(C)(C)NCc1cc(Br)c(Br)o1. The molecule has 14 heavy (non-hydrogen) atoms. The molecule has 1 N–H and O–H groups in total. The standard InChI is InChI=1S/C10H11Br2NO/c1-4-10(2,3)13-6-7-5-8(11)9(12)14-7/h1,5,13H,6H2,2-3H3. The van der Waals surface area contributed by atoms with E-state index in [1.54, 1.807) is 0 Å². The molecule has 0 saturated heterocycles. The minimum absolute atomic E-state index is 0.314. The predicted octanol–water partition coefficient (Wildman–Crippen LogP) is 3.31. The molecule has 0 aromatic carbocycles. The van der Waals surface area contributed by atoms with E-state index in [1.807, 2.05) is 19.9 Å². The predicted molar refractivity (Wildman–Crippen MR) is 63.9 cm³/mol. The number of terminal acetylenes is 1. The molecule has 2 nitrogen and oxygen atoms in total. The number of rotatable bonds is 3. The van der Waals surface area contributed by atoms with E-state index in [9.17, 15) is 0 Å². The van der Waals surface area contributed by atoms with Crippen LogP contribution in [0.2, 0.25) is 0 Å². The average molecular weight is 321 g/mol. The van der Waals surface area contributed by atoms with Crippen molar-refractivity contribution in [1.82, 2.24) is 5.32 Å². The molecule has 0 saturated carbocycles. The van der Waals surface area contributed by atoms with Crippen LogP contribution < -0.4 is 5.32 Å². The van der Waals surface area contributed by atoms with Gasteiger partial charge in [-0.2, -0.15) is 0 Å². The van der Waals surface area contributed by atoms with E-state index in [1.165, 1.54) is 0 Å². The van der Waals surface area contributed by atoms with Gasteiger partial charge in [-0.25, -0.2) is 0 Å². The van der Waals surface area contributed by atoms with Gasteiger partial charge in [0.1, 0.15) is 5.76 Å². The van der Waals surface area contributed by atoms with Gasteiger partial charge in [-0.15, -0.1) is 6.42 Å². The Bertz CT molecular complexity index is 343. The first-order chi connectivity index (χ1) is 6.44. The first-order valence-corrected chi connectivity index (χ1v) is 5.70. The van der Waals surface area contributed by atoms with Gasteiger partial charge in [0.15, 0.2) is 4.67 Å². The Morgan fingerprint density at radius 2 is 2.21 bits per heavy atom. The third-order valence-electron chi connectivity index (χ3n) is 1.76. The normalized spacial score (nSPS) is 11.4. The highest BCUT2D eigenvalue weighted by molar-refractivity contribution is 9.13. The maximum atomic E-state index is 5.39. The molecule has 0 spiro atoms. The quantitative estimate of drug-likeness (QED) is 0.864. The van der Waals surface area contributed by atoms with Crippen molar-refractivity contribution < 1.29 is 4.42 Å². The summed E-state index contributed by atoms with van der Waals surface area (Å²) >= 11 is 6.62. The van der Waals surface area contributed by atoms with Crippen LogP contribution >= 0.6 is 31.9 Å². The highest BCUT2D eigenvalue weighted by Crippen LogP contribution is 2.26. The lowest BCUT2D eigenvalue weighted by molar-refractivity contribution is 0.419. The zero-order valence-electron chi connectivity index (χ0n) is 8.03. The maximum Gasteiger partial charge on any atom is 0.183 e. The van der Waals surface area contributed by atoms with Crippen molar-refractivity contribution in [2.45, 2.75) is 25.9 Å². The second-order valence-electron chi connectivity index (χ2n) is 3.46. The van der Waals surface area contributed by atoms with Crippen LogP contribution in [0.1, 0.15) is 19.6 Å².